The lowest BCUT2D eigenvalue weighted by atomic mass is 10.1. The maximum atomic E-state index is 12.3. The molecule has 2 amide bonds. The van der Waals surface area contributed by atoms with Gasteiger partial charge in [-0.15, -0.1) is 0 Å². The summed E-state index contributed by atoms with van der Waals surface area (Å²) < 4.78 is 5.70. The molecule has 11 heteroatoms. The molecule has 0 spiro atoms. The SMILES string of the molecule is O=C(COC(=O)[C@H]1CC(=O)N(c2cccc([N+](=O)[O-])c2)C1)Nc1ccc(Br)c(Cl)c1. The van der Waals surface area contributed by atoms with Crippen molar-refractivity contribution >= 4 is 62.4 Å². The molecule has 30 heavy (non-hydrogen) atoms. The van der Waals surface area contributed by atoms with E-state index in [1.54, 1.807) is 18.2 Å². The van der Waals surface area contributed by atoms with E-state index >= 15 is 0 Å². The van der Waals surface area contributed by atoms with Crippen LogP contribution in [0.25, 0.3) is 0 Å². The Bertz CT molecular complexity index is 1030. The number of ether oxygens (including phenoxy) is 1. The Morgan fingerprint density at radius 1 is 1.30 bits per heavy atom. The van der Waals surface area contributed by atoms with Crippen molar-refractivity contribution in [3.63, 3.8) is 0 Å². The van der Waals surface area contributed by atoms with E-state index in [2.05, 4.69) is 21.2 Å². The summed E-state index contributed by atoms with van der Waals surface area (Å²) in [7, 11) is 0. The van der Waals surface area contributed by atoms with Gasteiger partial charge in [0.15, 0.2) is 6.61 Å². The van der Waals surface area contributed by atoms with Crippen molar-refractivity contribution in [3.05, 3.63) is 62.1 Å². The van der Waals surface area contributed by atoms with Gasteiger partial charge in [0.1, 0.15) is 0 Å². The molecule has 2 aromatic rings. The molecule has 1 N–H and O–H groups in total. The van der Waals surface area contributed by atoms with Crippen LogP contribution in [0.3, 0.4) is 0 Å². The molecular weight excluding hydrogens is 482 g/mol. The van der Waals surface area contributed by atoms with Gasteiger partial charge in [0.2, 0.25) is 5.91 Å². The molecule has 1 aliphatic rings. The Kier molecular flexibility index (Phi) is 6.68. The minimum absolute atomic E-state index is 0.0166. The predicted octanol–water partition coefficient (Wildman–Crippen LogP) is 3.55. The highest BCUT2D eigenvalue weighted by Gasteiger charge is 2.36. The second-order valence-electron chi connectivity index (χ2n) is 6.47. The number of hydrogen-bond donors (Lipinski definition) is 1. The average Bonchev–Trinajstić information content (AvgIpc) is 3.11. The lowest BCUT2D eigenvalue weighted by Crippen LogP contribution is -2.28. The zero-order chi connectivity index (χ0) is 21.8. The first kappa shape index (κ1) is 21.7. The van der Waals surface area contributed by atoms with Gasteiger partial charge in [-0.2, -0.15) is 0 Å². The summed E-state index contributed by atoms with van der Waals surface area (Å²) in [5.41, 5.74) is 0.613. The van der Waals surface area contributed by atoms with Crippen LogP contribution < -0.4 is 10.2 Å². The number of rotatable bonds is 6. The highest BCUT2D eigenvalue weighted by atomic mass is 79.9. The standard InChI is InChI=1S/C19H15BrClN3O6/c20-15-5-4-12(7-16(15)21)22-17(25)10-30-19(27)11-6-18(26)23(9-11)13-2-1-3-14(8-13)24(28)29/h1-5,7-8,11H,6,9-10H2,(H,22,25)/t11-/m0/s1. The van der Waals surface area contributed by atoms with Gasteiger partial charge >= 0.3 is 5.97 Å². The summed E-state index contributed by atoms with van der Waals surface area (Å²) in [6.07, 6.45) is -0.106. The topological polar surface area (TPSA) is 119 Å². The number of hydrogen-bond acceptors (Lipinski definition) is 6. The normalized spacial score (nSPS) is 15.7. The summed E-state index contributed by atoms with van der Waals surface area (Å²) in [6, 6.07) is 10.4. The quantitative estimate of drug-likeness (QED) is 0.371. The Labute approximate surface area is 184 Å². The predicted molar refractivity (Wildman–Crippen MR) is 112 cm³/mol. The minimum atomic E-state index is -0.772. The third-order valence-corrected chi connectivity index (χ3v) is 5.59. The Hall–Kier alpha value is -2.98. The maximum absolute atomic E-state index is 12.3. The van der Waals surface area contributed by atoms with Crippen LogP contribution in [0.2, 0.25) is 5.02 Å². The number of non-ortho nitro benzene ring substituents is 1. The Morgan fingerprint density at radius 3 is 2.77 bits per heavy atom. The smallest absolute Gasteiger partial charge is 0.311 e. The second kappa shape index (κ2) is 9.23. The van der Waals surface area contributed by atoms with Crippen molar-refractivity contribution < 1.29 is 24.0 Å². The largest absolute Gasteiger partial charge is 0.455 e. The molecular formula is C19H15BrClN3O6. The van der Waals surface area contributed by atoms with Gasteiger partial charge in [-0.1, -0.05) is 17.7 Å². The molecule has 3 rings (SSSR count). The highest BCUT2D eigenvalue weighted by Crippen LogP contribution is 2.28. The van der Waals surface area contributed by atoms with Crippen LogP contribution in [-0.4, -0.2) is 35.9 Å². The fourth-order valence-electron chi connectivity index (χ4n) is 2.91. The number of nitro benzene ring substituents is 1. The number of carbonyl (C=O) groups is 3. The van der Waals surface area contributed by atoms with Crippen molar-refractivity contribution in [1.82, 2.24) is 0 Å². The molecule has 0 unspecified atom stereocenters. The third-order valence-electron chi connectivity index (χ3n) is 4.36. The van der Waals surface area contributed by atoms with Gasteiger partial charge in [0.05, 0.1) is 21.6 Å². The van der Waals surface area contributed by atoms with Crippen molar-refractivity contribution in [2.24, 2.45) is 5.92 Å². The van der Waals surface area contributed by atoms with Crippen molar-refractivity contribution in [3.8, 4) is 0 Å². The molecule has 1 fully saturated rings. The first-order chi connectivity index (χ1) is 14.2. The van der Waals surface area contributed by atoms with Gasteiger partial charge in [-0.3, -0.25) is 24.5 Å². The van der Waals surface area contributed by atoms with Crippen LogP contribution in [0.1, 0.15) is 6.42 Å². The summed E-state index contributed by atoms with van der Waals surface area (Å²) in [5, 5.41) is 13.9. The molecule has 0 aromatic heterocycles. The number of nitrogens with one attached hydrogen (secondary N) is 1. The summed E-state index contributed by atoms with van der Waals surface area (Å²) in [5.74, 6) is -2.38. The number of carbonyl (C=O) groups excluding carboxylic acids is 3. The molecule has 156 valence electrons. The monoisotopic (exact) mass is 495 g/mol. The number of esters is 1. The van der Waals surface area contributed by atoms with Crippen LogP contribution in [0, 0.1) is 16.0 Å². The number of halogens is 2. The van der Waals surface area contributed by atoms with E-state index in [-0.39, 0.29) is 24.6 Å². The van der Waals surface area contributed by atoms with Crippen molar-refractivity contribution in [2.75, 3.05) is 23.4 Å². The summed E-state index contributed by atoms with van der Waals surface area (Å²) >= 11 is 9.20. The molecule has 0 radical (unpaired) electrons. The van der Waals surface area contributed by atoms with E-state index in [4.69, 9.17) is 16.3 Å². The van der Waals surface area contributed by atoms with Crippen LogP contribution in [0.5, 0.6) is 0 Å². The van der Waals surface area contributed by atoms with Crippen LogP contribution in [0.4, 0.5) is 17.1 Å². The zero-order valence-corrected chi connectivity index (χ0v) is 17.7. The van der Waals surface area contributed by atoms with E-state index in [9.17, 15) is 24.5 Å². The Morgan fingerprint density at radius 2 is 2.07 bits per heavy atom. The molecule has 1 saturated heterocycles. The molecule has 1 heterocycles. The fraction of sp³-hybridized carbons (Fsp3) is 0.211. The van der Waals surface area contributed by atoms with Crippen molar-refractivity contribution in [1.29, 1.82) is 0 Å². The lowest BCUT2D eigenvalue weighted by Gasteiger charge is -2.16. The van der Waals surface area contributed by atoms with Crippen LogP contribution in [0.15, 0.2) is 46.9 Å². The minimum Gasteiger partial charge on any atom is -0.455 e. The Balaban J connectivity index is 1.55. The highest BCUT2D eigenvalue weighted by molar-refractivity contribution is 9.10. The molecule has 0 aliphatic carbocycles. The molecule has 1 atom stereocenters. The molecule has 0 bridgehead atoms. The van der Waals surface area contributed by atoms with E-state index < -0.39 is 29.3 Å². The van der Waals surface area contributed by atoms with E-state index in [1.807, 2.05) is 0 Å². The number of nitro groups is 1. The third kappa shape index (κ3) is 5.14. The molecule has 9 nitrogen and oxygen atoms in total. The lowest BCUT2D eigenvalue weighted by molar-refractivity contribution is -0.384. The first-order valence-corrected chi connectivity index (χ1v) is 9.88. The number of benzene rings is 2. The van der Waals surface area contributed by atoms with Crippen molar-refractivity contribution in [2.45, 2.75) is 6.42 Å². The number of amides is 2. The second-order valence-corrected chi connectivity index (χ2v) is 7.73. The number of nitrogens with zero attached hydrogens (tertiary/aromatic N) is 2. The first-order valence-electron chi connectivity index (χ1n) is 8.71. The molecule has 1 aliphatic heterocycles. The van der Waals surface area contributed by atoms with Gasteiger partial charge in [0.25, 0.3) is 11.6 Å². The van der Waals surface area contributed by atoms with Crippen LogP contribution in [-0.2, 0) is 19.1 Å². The molecule has 0 saturated carbocycles. The molecule has 2 aromatic carbocycles. The summed E-state index contributed by atoms with van der Waals surface area (Å²) in [6.45, 7) is -0.503. The zero-order valence-electron chi connectivity index (χ0n) is 15.3. The van der Waals surface area contributed by atoms with Crippen LogP contribution >= 0.6 is 27.5 Å². The van der Waals surface area contributed by atoms with Gasteiger partial charge in [0, 0.05) is 35.3 Å². The van der Waals surface area contributed by atoms with Gasteiger partial charge in [-0.25, -0.2) is 0 Å². The maximum Gasteiger partial charge on any atom is 0.311 e. The van der Waals surface area contributed by atoms with Gasteiger partial charge in [-0.05, 0) is 40.2 Å². The summed E-state index contributed by atoms with van der Waals surface area (Å²) in [4.78, 5) is 48.2. The van der Waals surface area contributed by atoms with E-state index in [0.29, 0.717) is 20.9 Å². The van der Waals surface area contributed by atoms with E-state index in [1.165, 1.54) is 29.2 Å². The number of anilines is 2. The fourth-order valence-corrected chi connectivity index (χ4v) is 3.34. The average molecular weight is 497 g/mol. The van der Waals surface area contributed by atoms with Gasteiger partial charge < -0.3 is 15.0 Å². The van der Waals surface area contributed by atoms with E-state index in [0.717, 1.165) is 0 Å².